The Morgan fingerprint density at radius 3 is 2.19 bits per heavy atom. The standard InChI is InChI=1S/C18H19F3N2O3S/c1-12-7-13(2)9-16(8-12)23(27(3,25)26)11-17(24)22-15-6-4-5-14(10-15)18(19,20)21/h4-10H,11H2,1-3H3,(H,22,24). The molecule has 0 atom stereocenters. The number of carbonyl (C=O) groups is 1. The molecule has 1 N–H and O–H groups in total. The van der Waals surface area contributed by atoms with E-state index in [2.05, 4.69) is 5.32 Å². The van der Waals surface area contributed by atoms with Gasteiger partial charge in [-0.2, -0.15) is 13.2 Å². The van der Waals surface area contributed by atoms with Crippen LogP contribution in [0.2, 0.25) is 0 Å². The molecule has 0 aliphatic heterocycles. The van der Waals surface area contributed by atoms with Crippen LogP contribution in [0.25, 0.3) is 0 Å². The Hall–Kier alpha value is -2.55. The fourth-order valence-corrected chi connectivity index (χ4v) is 3.44. The number of alkyl halides is 3. The van der Waals surface area contributed by atoms with Crippen LogP contribution in [-0.2, 0) is 21.0 Å². The van der Waals surface area contributed by atoms with Gasteiger partial charge in [-0.3, -0.25) is 9.10 Å². The first-order valence-corrected chi connectivity index (χ1v) is 9.74. The second-order valence-electron chi connectivity index (χ2n) is 6.24. The molecule has 0 fully saturated rings. The van der Waals surface area contributed by atoms with Gasteiger partial charge in [-0.25, -0.2) is 8.42 Å². The average molecular weight is 400 g/mol. The first-order chi connectivity index (χ1) is 12.4. The number of halogens is 3. The normalized spacial score (nSPS) is 11.9. The summed E-state index contributed by atoms with van der Waals surface area (Å²) in [5.74, 6) is -0.751. The van der Waals surface area contributed by atoms with Crippen LogP contribution in [0.5, 0.6) is 0 Å². The minimum absolute atomic E-state index is 0.0660. The molecule has 9 heteroatoms. The first kappa shape index (κ1) is 20.8. The third kappa shape index (κ3) is 5.72. The Bertz CT molecular complexity index is 936. The van der Waals surface area contributed by atoms with Crippen molar-refractivity contribution in [2.24, 2.45) is 0 Å². The van der Waals surface area contributed by atoms with Crippen LogP contribution in [-0.4, -0.2) is 27.1 Å². The van der Waals surface area contributed by atoms with E-state index >= 15 is 0 Å². The number of hydrogen-bond donors (Lipinski definition) is 1. The Kier molecular flexibility index (Phi) is 5.84. The monoisotopic (exact) mass is 400 g/mol. The van der Waals surface area contributed by atoms with Gasteiger partial charge in [-0.05, 0) is 55.3 Å². The van der Waals surface area contributed by atoms with Gasteiger partial charge in [-0.1, -0.05) is 12.1 Å². The minimum atomic E-state index is -4.54. The number of hydrogen-bond acceptors (Lipinski definition) is 3. The van der Waals surface area contributed by atoms with E-state index < -0.39 is 34.2 Å². The van der Waals surface area contributed by atoms with Crippen LogP contribution in [0.15, 0.2) is 42.5 Å². The van der Waals surface area contributed by atoms with Crippen molar-refractivity contribution < 1.29 is 26.4 Å². The van der Waals surface area contributed by atoms with Gasteiger partial charge in [-0.15, -0.1) is 0 Å². The highest BCUT2D eigenvalue weighted by atomic mass is 32.2. The zero-order valence-electron chi connectivity index (χ0n) is 15.0. The molecule has 5 nitrogen and oxygen atoms in total. The van der Waals surface area contributed by atoms with Crippen LogP contribution >= 0.6 is 0 Å². The van der Waals surface area contributed by atoms with Crippen molar-refractivity contribution in [2.45, 2.75) is 20.0 Å². The van der Waals surface area contributed by atoms with Crippen LogP contribution in [0, 0.1) is 13.8 Å². The highest BCUT2D eigenvalue weighted by Gasteiger charge is 2.30. The van der Waals surface area contributed by atoms with Gasteiger partial charge in [0.15, 0.2) is 0 Å². The Morgan fingerprint density at radius 2 is 1.67 bits per heavy atom. The number of carbonyl (C=O) groups excluding carboxylic acids is 1. The third-order valence-electron chi connectivity index (χ3n) is 3.66. The number of nitrogens with zero attached hydrogens (tertiary/aromatic N) is 1. The van der Waals surface area contributed by atoms with Crippen LogP contribution < -0.4 is 9.62 Å². The largest absolute Gasteiger partial charge is 0.416 e. The lowest BCUT2D eigenvalue weighted by Crippen LogP contribution is -2.37. The summed E-state index contributed by atoms with van der Waals surface area (Å²) < 4.78 is 63.5. The lowest BCUT2D eigenvalue weighted by molar-refractivity contribution is -0.137. The maximum absolute atomic E-state index is 12.8. The van der Waals surface area contributed by atoms with Crippen LogP contribution in [0.4, 0.5) is 24.5 Å². The molecule has 2 aromatic rings. The molecule has 0 aromatic heterocycles. The van der Waals surface area contributed by atoms with Crippen LogP contribution in [0.3, 0.4) is 0 Å². The SMILES string of the molecule is Cc1cc(C)cc(N(CC(=O)Nc2cccc(C(F)(F)F)c2)S(C)(=O)=O)c1. The summed E-state index contributed by atoms with van der Waals surface area (Å²) in [4.78, 5) is 12.3. The number of aryl methyl sites for hydroxylation is 2. The predicted molar refractivity (Wildman–Crippen MR) is 98.2 cm³/mol. The van der Waals surface area contributed by atoms with E-state index in [1.165, 1.54) is 6.07 Å². The van der Waals surface area contributed by atoms with E-state index in [4.69, 9.17) is 0 Å². The fraction of sp³-hybridized carbons (Fsp3) is 0.278. The summed E-state index contributed by atoms with van der Waals surface area (Å²) >= 11 is 0. The van der Waals surface area contributed by atoms with Crippen molar-refractivity contribution in [3.63, 3.8) is 0 Å². The molecule has 0 heterocycles. The molecule has 146 valence electrons. The summed E-state index contributed by atoms with van der Waals surface area (Å²) in [5, 5.41) is 2.31. The Balaban J connectivity index is 2.25. The van der Waals surface area contributed by atoms with Crippen molar-refractivity contribution in [3.8, 4) is 0 Å². The van der Waals surface area contributed by atoms with E-state index in [0.29, 0.717) is 5.69 Å². The fourth-order valence-electron chi connectivity index (χ4n) is 2.60. The van der Waals surface area contributed by atoms with Crippen molar-refractivity contribution in [1.29, 1.82) is 0 Å². The summed E-state index contributed by atoms with van der Waals surface area (Å²) in [6.07, 6.45) is -3.58. The van der Waals surface area contributed by atoms with Crippen molar-refractivity contribution in [2.75, 3.05) is 22.4 Å². The van der Waals surface area contributed by atoms with E-state index in [9.17, 15) is 26.4 Å². The topological polar surface area (TPSA) is 66.5 Å². The average Bonchev–Trinajstić information content (AvgIpc) is 2.50. The molecular weight excluding hydrogens is 381 g/mol. The van der Waals surface area contributed by atoms with Gasteiger partial charge in [0, 0.05) is 5.69 Å². The smallest absolute Gasteiger partial charge is 0.325 e. The molecular formula is C18H19F3N2O3S. The third-order valence-corrected chi connectivity index (χ3v) is 4.80. The molecule has 0 spiro atoms. The predicted octanol–water partition coefficient (Wildman–Crippen LogP) is 3.73. The zero-order chi connectivity index (χ0) is 20.4. The zero-order valence-corrected chi connectivity index (χ0v) is 15.8. The van der Waals surface area contributed by atoms with Gasteiger partial charge < -0.3 is 5.32 Å². The summed E-state index contributed by atoms with van der Waals surface area (Å²) in [6, 6.07) is 9.22. The molecule has 27 heavy (non-hydrogen) atoms. The van der Waals surface area contributed by atoms with Crippen molar-refractivity contribution in [3.05, 3.63) is 59.2 Å². The van der Waals surface area contributed by atoms with E-state index in [1.54, 1.807) is 26.0 Å². The molecule has 0 saturated carbocycles. The lowest BCUT2D eigenvalue weighted by atomic mass is 10.1. The maximum Gasteiger partial charge on any atom is 0.416 e. The van der Waals surface area contributed by atoms with Gasteiger partial charge in [0.1, 0.15) is 6.54 Å². The van der Waals surface area contributed by atoms with Gasteiger partial charge in [0.05, 0.1) is 17.5 Å². The Morgan fingerprint density at radius 1 is 1.07 bits per heavy atom. The number of amides is 1. The highest BCUT2D eigenvalue weighted by Crippen LogP contribution is 2.30. The number of anilines is 2. The second-order valence-corrected chi connectivity index (χ2v) is 8.15. The molecule has 0 bridgehead atoms. The molecule has 1 amide bonds. The first-order valence-electron chi connectivity index (χ1n) is 7.89. The summed E-state index contributed by atoms with van der Waals surface area (Å²) in [5.41, 5.74) is 0.973. The molecule has 0 saturated heterocycles. The van der Waals surface area contributed by atoms with Gasteiger partial charge in [0.2, 0.25) is 15.9 Å². The number of rotatable bonds is 5. The lowest BCUT2D eigenvalue weighted by Gasteiger charge is -2.23. The Labute approximate surface area is 155 Å². The molecule has 0 radical (unpaired) electrons. The summed E-state index contributed by atoms with van der Waals surface area (Å²) in [6.45, 7) is 3.03. The quantitative estimate of drug-likeness (QED) is 0.832. The van der Waals surface area contributed by atoms with Crippen molar-refractivity contribution >= 4 is 27.3 Å². The summed E-state index contributed by atoms with van der Waals surface area (Å²) in [7, 11) is -3.78. The molecule has 0 aliphatic rings. The molecule has 2 aromatic carbocycles. The number of benzene rings is 2. The highest BCUT2D eigenvalue weighted by molar-refractivity contribution is 7.92. The second kappa shape index (κ2) is 7.59. The number of sulfonamides is 1. The minimum Gasteiger partial charge on any atom is -0.325 e. The molecule has 0 aliphatic carbocycles. The number of nitrogens with one attached hydrogen (secondary N) is 1. The van der Waals surface area contributed by atoms with Gasteiger partial charge in [0.25, 0.3) is 0 Å². The van der Waals surface area contributed by atoms with E-state index in [-0.39, 0.29) is 5.69 Å². The van der Waals surface area contributed by atoms with Crippen molar-refractivity contribution in [1.82, 2.24) is 0 Å². The molecule has 0 unspecified atom stereocenters. The van der Waals surface area contributed by atoms with E-state index in [1.807, 2.05) is 6.07 Å². The molecule has 2 rings (SSSR count). The maximum atomic E-state index is 12.8. The van der Waals surface area contributed by atoms with Crippen LogP contribution in [0.1, 0.15) is 16.7 Å². The van der Waals surface area contributed by atoms with E-state index in [0.717, 1.165) is 39.9 Å². The van der Waals surface area contributed by atoms with Gasteiger partial charge >= 0.3 is 6.18 Å².